The van der Waals surface area contributed by atoms with Crippen molar-refractivity contribution >= 4 is 23.1 Å². The number of halogens is 4. The largest absolute Gasteiger partial charge is 0.417 e. The Kier molecular flexibility index (Phi) is 7.85. The fraction of sp³-hybridized carbons (Fsp3) is 0.480. The van der Waals surface area contributed by atoms with Crippen LogP contribution in [0.1, 0.15) is 29.7 Å². The summed E-state index contributed by atoms with van der Waals surface area (Å²) in [5, 5.41) is 15.4. The zero-order chi connectivity index (χ0) is 26.7. The normalized spacial score (nSPS) is 18.5. The number of ether oxygens (including phenoxy) is 1. The Morgan fingerprint density at radius 2 is 2.08 bits per heavy atom. The number of hydrogen-bond donors (Lipinski definition) is 2. The predicted molar refractivity (Wildman–Crippen MR) is 130 cm³/mol. The quantitative estimate of drug-likeness (QED) is 0.427. The average molecular weight is 521 g/mol. The van der Waals surface area contributed by atoms with Gasteiger partial charge in [-0.2, -0.15) is 18.4 Å². The van der Waals surface area contributed by atoms with Crippen molar-refractivity contribution in [1.82, 2.24) is 10.3 Å². The molecule has 0 bridgehead atoms. The highest BCUT2D eigenvalue weighted by Crippen LogP contribution is 2.37. The van der Waals surface area contributed by atoms with Gasteiger partial charge >= 0.3 is 6.18 Å². The summed E-state index contributed by atoms with van der Waals surface area (Å²) in [6.07, 6.45) is -3.83. The predicted octanol–water partition coefficient (Wildman–Crippen LogP) is 3.45. The third-order valence-electron chi connectivity index (χ3n) is 6.51. The van der Waals surface area contributed by atoms with Crippen LogP contribution >= 0.6 is 0 Å². The van der Waals surface area contributed by atoms with E-state index in [1.807, 2.05) is 4.90 Å². The number of fused-ring (bicyclic) bond motifs is 1. The smallest absolute Gasteiger partial charge is 0.376 e. The third kappa shape index (κ3) is 5.78. The number of nitriles is 1. The number of likely N-dealkylation sites (N-methyl/N-ethyl adjacent to an activating group) is 1. The van der Waals surface area contributed by atoms with Crippen LogP contribution in [-0.2, 0) is 15.7 Å². The molecule has 0 radical (unpaired) electrons. The van der Waals surface area contributed by atoms with Gasteiger partial charge in [0.1, 0.15) is 29.3 Å². The van der Waals surface area contributed by atoms with E-state index in [-0.39, 0.29) is 36.3 Å². The van der Waals surface area contributed by atoms with Crippen molar-refractivity contribution < 1.29 is 27.1 Å². The number of amides is 1. The molecular weight excluding hydrogens is 492 g/mol. The number of para-hydroxylation sites is 1. The summed E-state index contributed by atoms with van der Waals surface area (Å²) in [4.78, 5) is 20.6. The molecular formula is C25H28F4N6O2. The summed E-state index contributed by atoms with van der Waals surface area (Å²) in [6, 6.07) is 5.83. The van der Waals surface area contributed by atoms with Crippen LogP contribution in [0.5, 0.6) is 0 Å². The van der Waals surface area contributed by atoms with Crippen LogP contribution in [-0.4, -0.2) is 62.9 Å². The maximum atomic E-state index is 15.0. The molecule has 2 N–H and O–H groups in total. The molecule has 198 valence electrons. The van der Waals surface area contributed by atoms with Gasteiger partial charge in [-0.15, -0.1) is 0 Å². The second-order valence-corrected chi connectivity index (χ2v) is 9.13. The van der Waals surface area contributed by atoms with Crippen molar-refractivity contribution in [2.75, 3.05) is 55.0 Å². The molecule has 1 fully saturated rings. The molecule has 2 aliphatic rings. The first-order chi connectivity index (χ1) is 17.6. The van der Waals surface area contributed by atoms with E-state index in [9.17, 15) is 27.6 Å². The van der Waals surface area contributed by atoms with Gasteiger partial charge in [0, 0.05) is 45.5 Å². The van der Waals surface area contributed by atoms with Crippen LogP contribution in [0.4, 0.5) is 34.8 Å². The topological polar surface area (TPSA) is 93.5 Å². The van der Waals surface area contributed by atoms with Gasteiger partial charge in [0.15, 0.2) is 0 Å². The standard InChI is InChI=1S/C25H28F4N6O2/c1-15-11-18(25(27,28)29)17(12-30)23(32-15)33-20-7-9-35(8-4-10-37-16-13-31-14-16)22-19(26)5-3-6-21(22)34(2)24(20)36/h3,5-6,11,16,20,31H,4,7-10,13-14H2,1-2H3,(H,32,33). The van der Waals surface area contributed by atoms with Gasteiger partial charge in [-0.05, 0) is 38.0 Å². The van der Waals surface area contributed by atoms with Crippen LogP contribution in [0.2, 0.25) is 0 Å². The highest BCUT2D eigenvalue weighted by molar-refractivity contribution is 6.01. The Morgan fingerprint density at radius 3 is 2.73 bits per heavy atom. The number of rotatable bonds is 7. The molecule has 8 nitrogen and oxygen atoms in total. The van der Waals surface area contributed by atoms with Gasteiger partial charge in [-0.1, -0.05) is 6.07 Å². The Bertz CT molecular complexity index is 1190. The number of pyridine rings is 1. The van der Waals surface area contributed by atoms with Crippen LogP contribution in [0.15, 0.2) is 24.3 Å². The van der Waals surface area contributed by atoms with Gasteiger partial charge in [0.05, 0.1) is 23.0 Å². The third-order valence-corrected chi connectivity index (χ3v) is 6.51. The number of carbonyl (C=O) groups excluding carboxylic acids is 1. The summed E-state index contributed by atoms with van der Waals surface area (Å²) in [5.41, 5.74) is -1.12. The second kappa shape index (κ2) is 10.9. The van der Waals surface area contributed by atoms with Crippen molar-refractivity contribution in [3.05, 3.63) is 46.9 Å². The molecule has 1 atom stereocenters. The maximum absolute atomic E-state index is 15.0. The zero-order valence-corrected chi connectivity index (χ0v) is 20.5. The first-order valence-electron chi connectivity index (χ1n) is 12.0. The van der Waals surface area contributed by atoms with E-state index < -0.39 is 35.1 Å². The van der Waals surface area contributed by atoms with Crippen molar-refractivity contribution in [3.8, 4) is 6.07 Å². The Balaban J connectivity index is 1.61. The Labute approximate surface area is 212 Å². The SMILES string of the molecule is Cc1cc(C(F)(F)F)c(C#N)c(NC2CCN(CCCOC3CNC3)c3c(F)cccc3N(C)C2=O)n1. The van der Waals surface area contributed by atoms with Crippen molar-refractivity contribution in [1.29, 1.82) is 5.26 Å². The fourth-order valence-electron chi connectivity index (χ4n) is 4.48. The van der Waals surface area contributed by atoms with Crippen LogP contribution in [0, 0.1) is 24.1 Å². The number of nitrogens with one attached hydrogen (secondary N) is 2. The van der Waals surface area contributed by atoms with E-state index in [1.54, 1.807) is 12.1 Å². The first kappa shape index (κ1) is 26.6. The van der Waals surface area contributed by atoms with Crippen LogP contribution in [0.25, 0.3) is 0 Å². The van der Waals surface area contributed by atoms with Crippen molar-refractivity contribution in [2.24, 2.45) is 0 Å². The lowest BCUT2D eigenvalue weighted by molar-refractivity contribution is -0.137. The minimum Gasteiger partial charge on any atom is -0.376 e. The van der Waals surface area contributed by atoms with E-state index in [4.69, 9.17) is 4.74 Å². The molecule has 0 spiro atoms. The van der Waals surface area contributed by atoms with Gasteiger partial charge in [0.25, 0.3) is 0 Å². The highest BCUT2D eigenvalue weighted by Gasteiger charge is 2.37. The lowest BCUT2D eigenvalue weighted by Gasteiger charge is -2.36. The molecule has 1 amide bonds. The van der Waals surface area contributed by atoms with Gasteiger partial charge in [-0.25, -0.2) is 9.37 Å². The van der Waals surface area contributed by atoms with Crippen molar-refractivity contribution in [2.45, 2.75) is 38.1 Å². The van der Waals surface area contributed by atoms with E-state index >= 15 is 0 Å². The number of benzene rings is 1. The number of carbonyl (C=O) groups is 1. The summed E-state index contributed by atoms with van der Waals surface area (Å²) < 4.78 is 61.5. The van der Waals surface area contributed by atoms with Gasteiger partial charge in [0.2, 0.25) is 5.91 Å². The molecule has 37 heavy (non-hydrogen) atoms. The lowest BCUT2D eigenvalue weighted by Crippen LogP contribution is -2.48. The number of aromatic nitrogens is 1. The molecule has 1 aromatic carbocycles. The highest BCUT2D eigenvalue weighted by atomic mass is 19.4. The Hall–Kier alpha value is -3.43. The number of hydrogen-bond acceptors (Lipinski definition) is 7. The van der Waals surface area contributed by atoms with Gasteiger partial charge < -0.3 is 25.2 Å². The number of aryl methyl sites for hydroxylation is 1. The minimum atomic E-state index is -4.76. The maximum Gasteiger partial charge on any atom is 0.417 e. The molecule has 2 aromatic rings. The average Bonchev–Trinajstić information content (AvgIpc) is 2.81. The molecule has 12 heteroatoms. The number of anilines is 3. The summed E-state index contributed by atoms with van der Waals surface area (Å²) >= 11 is 0. The molecule has 4 rings (SSSR count). The molecule has 1 unspecified atom stereocenters. The number of nitrogens with zero attached hydrogens (tertiary/aromatic N) is 4. The summed E-state index contributed by atoms with van der Waals surface area (Å²) in [5.74, 6) is -1.27. The van der Waals surface area contributed by atoms with E-state index in [2.05, 4.69) is 15.6 Å². The molecule has 0 saturated carbocycles. The fourth-order valence-corrected chi connectivity index (χ4v) is 4.48. The monoisotopic (exact) mass is 520 g/mol. The van der Waals surface area contributed by atoms with E-state index in [0.29, 0.717) is 25.3 Å². The Morgan fingerprint density at radius 1 is 1.32 bits per heavy atom. The van der Waals surface area contributed by atoms with Gasteiger partial charge in [-0.3, -0.25) is 4.79 Å². The van der Waals surface area contributed by atoms with E-state index in [0.717, 1.165) is 19.2 Å². The molecule has 3 heterocycles. The van der Waals surface area contributed by atoms with Crippen LogP contribution < -0.4 is 20.4 Å². The number of alkyl halides is 3. The zero-order valence-electron chi connectivity index (χ0n) is 20.5. The second-order valence-electron chi connectivity index (χ2n) is 9.13. The molecule has 0 aliphatic carbocycles. The molecule has 1 saturated heterocycles. The molecule has 1 aromatic heterocycles. The van der Waals surface area contributed by atoms with E-state index in [1.165, 1.54) is 31.0 Å². The summed E-state index contributed by atoms with van der Waals surface area (Å²) in [6.45, 7) is 4.17. The molecule has 2 aliphatic heterocycles. The summed E-state index contributed by atoms with van der Waals surface area (Å²) in [7, 11) is 1.49. The van der Waals surface area contributed by atoms with Crippen molar-refractivity contribution in [3.63, 3.8) is 0 Å². The minimum absolute atomic E-state index is 0.0520. The van der Waals surface area contributed by atoms with Crippen LogP contribution in [0.3, 0.4) is 0 Å². The first-order valence-corrected chi connectivity index (χ1v) is 12.0. The lowest BCUT2D eigenvalue weighted by atomic mass is 10.0.